The summed E-state index contributed by atoms with van der Waals surface area (Å²) in [5.74, 6) is 0. The lowest BCUT2D eigenvalue weighted by molar-refractivity contribution is 0.729. The molecule has 0 fully saturated rings. The van der Waals surface area contributed by atoms with Crippen LogP contribution in [0.5, 0.6) is 0 Å². The molecule has 0 aliphatic heterocycles. The minimum atomic E-state index is 0.182. The van der Waals surface area contributed by atoms with Gasteiger partial charge in [0, 0.05) is 20.3 Å². The lowest BCUT2D eigenvalue weighted by Crippen LogP contribution is -2.18. The first-order valence-corrected chi connectivity index (χ1v) is 7.53. The number of benzene rings is 2. The largest absolute Gasteiger partial charge is 0.328 e. The zero-order valence-electron chi connectivity index (χ0n) is 10.3. The molecule has 0 radical (unpaired) electrons. The maximum atomic E-state index is 5.90. The van der Waals surface area contributed by atoms with Gasteiger partial charge in [-0.25, -0.2) is 0 Å². The minimum Gasteiger partial charge on any atom is -0.328 e. The molecule has 0 saturated heterocycles. The lowest BCUT2D eigenvalue weighted by atomic mass is 10.1. The van der Waals surface area contributed by atoms with Crippen LogP contribution in [0.2, 0.25) is 0 Å². The highest BCUT2D eigenvalue weighted by molar-refractivity contribution is 9.10. The Bertz CT molecular complexity index is 511. The Labute approximate surface area is 121 Å². The Morgan fingerprint density at radius 2 is 1.89 bits per heavy atom. The molecule has 1 unspecified atom stereocenters. The van der Waals surface area contributed by atoms with Crippen molar-refractivity contribution in [2.45, 2.75) is 29.2 Å². The summed E-state index contributed by atoms with van der Waals surface area (Å²) in [7, 11) is 0. The molecule has 2 rings (SSSR count). The number of hydrogen-bond donors (Lipinski definition) is 1. The molecule has 0 spiro atoms. The third kappa shape index (κ3) is 3.87. The van der Waals surface area contributed by atoms with Crippen molar-refractivity contribution < 1.29 is 0 Å². The van der Waals surface area contributed by atoms with E-state index in [9.17, 15) is 0 Å². The highest BCUT2D eigenvalue weighted by Gasteiger charge is 2.07. The van der Waals surface area contributed by atoms with Crippen molar-refractivity contribution in [3.8, 4) is 0 Å². The molecule has 0 aliphatic carbocycles. The van der Waals surface area contributed by atoms with Crippen molar-refractivity contribution in [3.63, 3.8) is 0 Å². The van der Waals surface area contributed by atoms with Crippen molar-refractivity contribution in [2.75, 3.05) is 0 Å². The molecular weight excluding hydrogens is 306 g/mol. The average Bonchev–Trinajstić information content (AvgIpc) is 2.33. The molecule has 3 heteroatoms. The Morgan fingerprint density at radius 3 is 2.56 bits per heavy atom. The van der Waals surface area contributed by atoms with Gasteiger partial charge in [-0.1, -0.05) is 52.0 Å². The van der Waals surface area contributed by atoms with Crippen LogP contribution in [0.4, 0.5) is 0 Å². The third-order valence-corrected chi connectivity index (χ3v) is 4.14. The molecule has 0 heterocycles. The van der Waals surface area contributed by atoms with Crippen molar-refractivity contribution in [2.24, 2.45) is 5.73 Å². The van der Waals surface area contributed by atoms with E-state index in [0.717, 1.165) is 10.9 Å². The normalized spacial score (nSPS) is 12.4. The molecule has 0 amide bonds. The van der Waals surface area contributed by atoms with Gasteiger partial charge in [-0.05, 0) is 43.2 Å². The first kappa shape index (κ1) is 13.7. The van der Waals surface area contributed by atoms with Gasteiger partial charge in [-0.2, -0.15) is 0 Å². The zero-order chi connectivity index (χ0) is 13.0. The molecule has 2 aromatic rings. The van der Waals surface area contributed by atoms with Gasteiger partial charge in [0.05, 0.1) is 0 Å². The molecule has 2 aromatic carbocycles. The molecule has 0 aromatic heterocycles. The highest BCUT2D eigenvalue weighted by Crippen LogP contribution is 2.32. The first-order chi connectivity index (χ1) is 8.65. The van der Waals surface area contributed by atoms with Crippen LogP contribution in [0.15, 0.2) is 62.8 Å². The van der Waals surface area contributed by atoms with Gasteiger partial charge in [0.15, 0.2) is 0 Å². The summed E-state index contributed by atoms with van der Waals surface area (Å²) < 4.78 is 1.11. The lowest BCUT2D eigenvalue weighted by Gasteiger charge is -2.12. The second-order valence-corrected chi connectivity index (χ2v) is 6.38. The fraction of sp³-hybridized carbons (Fsp3) is 0.200. The smallest absolute Gasteiger partial charge is 0.0186 e. The predicted molar refractivity (Wildman–Crippen MR) is 82.1 cm³/mol. The SMILES string of the molecule is CC(N)Cc1ccc(Br)cc1Sc1ccccc1. The molecule has 94 valence electrons. The van der Waals surface area contributed by atoms with Crippen molar-refractivity contribution in [3.05, 3.63) is 58.6 Å². The van der Waals surface area contributed by atoms with E-state index in [0.29, 0.717) is 0 Å². The van der Waals surface area contributed by atoms with E-state index < -0.39 is 0 Å². The second kappa shape index (κ2) is 6.41. The average molecular weight is 322 g/mol. The number of hydrogen-bond acceptors (Lipinski definition) is 2. The van der Waals surface area contributed by atoms with E-state index in [4.69, 9.17) is 5.73 Å². The molecule has 1 nitrogen and oxygen atoms in total. The van der Waals surface area contributed by atoms with E-state index in [1.807, 2.05) is 13.0 Å². The molecule has 1 atom stereocenters. The quantitative estimate of drug-likeness (QED) is 0.897. The second-order valence-electron chi connectivity index (χ2n) is 4.35. The molecule has 18 heavy (non-hydrogen) atoms. The first-order valence-electron chi connectivity index (χ1n) is 5.92. The zero-order valence-corrected chi connectivity index (χ0v) is 12.7. The van der Waals surface area contributed by atoms with Crippen LogP contribution in [0.3, 0.4) is 0 Å². The summed E-state index contributed by atoms with van der Waals surface area (Å²) >= 11 is 5.32. The molecule has 0 bridgehead atoms. The fourth-order valence-electron chi connectivity index (χ4n) is 1.75. The Hall–Kier alpha value is -0.770. The van der Waals surface area contributed by atoms with E-state index in [-0.39, 0.29) is 6.04 Å². The predicted octanol–water partition coefficient (Wildman–Crippen LogP) is 4.49. The van der Waals surface area contributed by atoms with Crippen LogP contribution in [-0.4, -0.2) is 6.04 Å². The summed E-state index contributed by atoms with van der Waals surface area (Å²) in [4.78, 5) is 2.52. The molecular formula is C15H16BrNS. The third-order valence-electron chi connectivity index (χ3n) is 2.54. The van der Waals surface area contributed by atoms with Crippen molar-refractivity contribution in [1.82, 2.24) is 0 Å². The Morgan fingerprint density at radius 1 is 1.17 bits per heavy atom. The van der Waals surface area contributed by atoms with Gasteiger partial charge < -0.3 is 5.73 Å². The summed E-state index contributed by atoms with van der Waals surface area (Å²) in [6.45, 7) is 2.04. The molecule has 0 saturated carbocycles. The standard InChI is InChI=1S/C15H16BrNS/c1-11(17)9-12-7-8-13(16)10-15(12)18-14-5-3-2-4-6-14/h2-8,10-11H,9,17H2,1H3. The maximum absolute atomic E-state index is 5.90. The monoisotopic (exact) mass is 321 g/mol. The van der Waals surface area contributed by atoms with Crippen molar-refractivity contribution >= 4 is 27.7 Å². The summed E-state index contributed by atoms with van der Waals surface area (Å²) in [6.07, 6.45) is 0.905. The van der Waals surface area contributed by atoms with Gasteiger partial charge in [-0.15, -0.1) is 0 Å². The summed E-state index contributed by atoms with van der Waals surface area (Å²) in [5, 5.41) is 0. The van der Waals surface area contributed by atoms with Crippen LogP contribution in [0, 0.1) is 0 Å². The van der Waals surface area contributed by atoms with Crippen LogP contribution >= 0.6 is 27.7 Å². The number of halogens is 1. The van der Waals surface area contributed by atoms with Crippen LogP contribution < -0.4 is 5.73 Å². The molecule has 2 N–H and O–H groups in total. The summed E-state index contributed by atoms with van der Waals surface area (Å²) in [5.41, 5.74) is 7.21. The Balaban J connectivity index is 2.27. The van der Waals surface area contributed by atoms with Crippen molar-refractivity contribution in [1.29, 1.82) is 0 Å². The van der Waals surface area contributed by atoms with E-state index in [2.05, 4.69) is 58.4 Å². The van der Waals surface area contributed by atoms with Gasteiger partial charge >= 0.3 is 0 Å². The van der Waals surface area contributed by atoms with Gasteiger partial charge in [0.2, 0.25) is 0 Å². The maximum Gasteiger partial charge on any atom is 0.0186 e. The molecule has 0 aliphatic rings. The van der Waals surface area contributed by atoms with Crippen LogP contribution in [0.25, 0.3) is 0 Å². The minimum absolute atomic E-state index is 0.182. The van der Waals surface area contributed by atoms with Gasteiger partial charge in [0.1, 0.15) is 0 Å². The topological polar surface area (TPSA) is 26.0 Å². The van der Waals surface area contributed by atoms with Gasteiger partial charge in [-0.3, -0.25) is 0 Å². The van der Waals surface area contributed by atoms with Crippen LogP contribution in [0.1, 0.15) is 12.5 Å². The fourth-order valence-corrected chi connectivity index (χ4v) is 3.28. The number of nitrogens with two attached hydrogens (primary N) is 1. The van der Waals surface area contributed by atoms with E-state index >= 15 is 0 Å². The highest BCUT2D eigenvalue weighted by atomic mass is 79.9. The Kier molecular flexibility index (Phi) is 4.87. The van der Waals surface area contributed by atoms with Crippen LogP contribution in [-0.2, 0) is 6.42 Å². The van der Waals surface area contributed by atoms with E-state index in [1.165, 1.54) is 15.4 Å². The number of rotatable bonds is 4. The summed E-state index contributed by atoms with van der Waals surface area (Å²) in [6, 6.07) is 17.0. The van der Waals surface area contributed by atoms with Gasteiger partial charge in [0.25, 0.3) is 0 Å². The van der Waals surface area contributed by atoms with E-state index in [1.54, 1.807) is 11.8 Å².